The van der Waals surface area contributed by atoms with Gasteiger partial charge in [0, 0.05) is 31.0 Å². The maximum absolute atomic E-state index is 13.0. The zero-order chi connectivity index (χ0) is 18.8. The maximum Gasteiger partial charge on any atom is 0.200 e. The number of rotatable bonds is 6. The Balaban J connectivity index is 0.00000261. The highest BCUT2D eigenvalue weighted by Gasteiger charge is 2.37. The molecule has 8 nitrogen and oxygen atoms in total. The van der Waals surface area contributed by atoms with Crippen molar-refractivity contribution in [1.82, 2.24) is 5.32 Å². The molecular weight excluding hydrogens is 374 g/mol. The first kappa shape index (κ1) is 20.5. The molecule has 144 valence electrons. The summed E-state index contributed by atoms with van der Waals surface area (Å²) in [4.78, 5) is 25.8. The molecule has 2 aromatic rings. The van der Waals surface area contributed by atoms with Gasteiger partial charge in [-0.2, -0.15) is 0 Å². The van der Waals surface area contributed by atoms with E-state index >= 15 is 0 Å². The summed E-state index contributed by atoms with van der Waals surface area (Å²) >= 11 is 0. The summed E-state index contributed by atoms with van der Waals surface area (Å²) in [5.74, 6) is -1.95. The Morgan fingerprint density at radius 3 is 2.00 bits per heavy atom. The number of nitrogens with two attached hydrogens (primary N) is 1. The number of phenolic OH excluding ortho intramolecular Hbond substituents is 2. The monoisotopic (exact) mass is 393 g/mol. The lowest BCUT2D eigenvalue weighted by Crippen LogP contribution is -2.27. The molecule has 0 saturated carbocycles. The molecule has 1 aliphatic carbocycles. The van der Waals surface area contributed by atoms with Gasteiger partial charge in [-0.1, -0.05) is 0 Å². The molecule has 0 heterocycles. The van der Waals surface area contributed by atoms with Gasteiger partial charge >= 0.3 is 0 Å². The van der Waals surface area contributed by atoms with Crippen LogP contribution in [0.1, 0.15) is 31.8 Å². The number of aliphatic hydroxyl groups excluding tert-OH is 1. The SMILES string of the molecule is Cl.Nc1ccc(NCCNCCO)c2c1C(=O)c1c(O)ccc(O)c1C2=O. The highest BCUT2D eigenvalue weighted by atomic mass is 35.5. The number of carbonyl (C=O) groups excluding carboxylic acids is 2. The van der Waals surface area contributed by atoms with Crippen molar-refractivity contribution in [3.63, 3.8) is 0 Å². The fraction of sp³-hybridized carbons (Fsp3) is 0.222. The highest BCUT2D eigenvalue weighted by Crippen LogP contribution is 2.41. The van der Waals surface area contributed by atoms with Crippen LogP contribution in [0.2, 0.25) is 0 Å². The quantitative estimate of drug-likeness (QED) is 0.205. The lowest BCUT2D eigenvalue weighted by atomic mass is 9.81. The average molecular weight is 394 g/mol. The van der Waals surface area contributed by atoms with Gasteiger partial charge in [-0.05, 0) is 24.3 Å². The van der Waals surface area contributed by atoms with Crippen LogP contribution in [0, 0.1) is 0 Å². The van der Waals surface area contributed by atoms with Gasteiger partial charge in [-0.3, -0.25) is 9.59 Å². The molecule has 2 aromatic carbocycles. The molecule has 0 amide bonds. The minimum Gasteiger partial charge on any atom is -0.507 e. The molecule has 0 radical (unpaired) electrons. The van der Waals surface area contributed by atoms with E-state index in [1.807, 2.05) is 0 Å². The van der Waals surface area contributed by atoms with Crippen molar-refractivity contribution >= 4 is 35.3 Å². The van der Waals surface area contributed by atoms with Crippen LogP contribution in [0.15, 0.2) is 24.3 Å². The third kappa shape index (κ3) is 3.55. The number of fused-ring (bicyclic) bond motifs is 2. The fourth-order valence-electron chi connectivity index (χ4n) is 3.03. The highest BCUT2D eigenvalue weighted by molar-refractivity contribution is 6.33. The zero-order valence-electron chi connectivity index (χ0n) is 14.3. The molecular formula is C18H20ClN3O5. The molecule has 0 fully saturated rings. The van der Waals surface area contributed by atoms with E-state index in [9.17, 15) is 19.8 Å². The van der Waals surface area contributed by atoms with Gasteiger partial charge in [0.15, 0.2) is 0 Å². The van der Waals surface area contributed by atoms with E-state index in [-0.39, 0.29) is 58.5 Å². The van der Waals surface area contributed by atoms with Crippen LogP contribution in [0.25, 0.3) is 0 Å². The Bertz CT molecular complexity index is 901. The standard InChI is InChI=1S/C18H19N3O5.ClH/c19-9-1-2-10(21-6-5-20-7-8-22)14-13(9)17(25)15-11(23)3-4-12(24)16(15)18(14)26;/h1-4,20-24H,5-8,19H2;1H. The molecule has 0 aliphatic heterocycles. The van der Waals surface area contributed by atoms with Gasteiger partial charge in [-0.25, -0.2) is 0 Å². The van der Waals surface area contributed by atoms with Crippen molar-refractivity contribution in [3.8, 4) is 11.5 Å². The number of nitrogens with one attached hydrogen (secondary N) is 2. The second-order valence-electron chi connectivity index (χ2n) is 5.86. The summed E-state index contributed by atoms with van der Waals surface area (Å²) in [6.45, 7) is 1.43. The van der Waals surface area contributed by atoms with Crippen molar-refractivity contribution in [2.24, 2.45) is 0 Å². The Morgan fingerprint density at radius 1 is 0.815 bits per heavy atom. The van der Waals surface area contributed by atoms with E-state index < -0.39 is 11.6 Å². The number of aliphatic hydroxyl groups is 1. The van der Waals surface area contributed by atoms with Crippen molar-refractivity contribution < 1.29 is 24.9 Å². The number of anilines is 2. The molecule has 0 bridgehead atoms. The molecule has 9 heteroatoms. The number of hydrogen-bond acceptors (Lipinski definition) is 8. The maximum atomic E-state index is 13.0. The number of hydrogen-bond donors (Lipinski definition) is 6. The van der Waals surface area contributed by atoms with E-state index in [2.05, 4.69) is 10.6 Å². The third-order valence-electron chi connectivity index (χ3n) is 4.21. The fourth-order valence-corrected chi connectivity index (χ4v) is 3.03. The second-order valence-corrected chi connectivity index (χ2v) is 5.86. The van der Waals surface area contributed by atoms with Gasteiger partial charge in [0.1, 0.15) is 11.5 Å². The smallest absolute Gasteiger partial charge is 0.200 e. The summed E-state index contributed by atoms with van der Waals surface area (Å²) < 4.78 is 0. The lowest BCUT2D eigenvalue weighted by molar-refractivity contribution is 0.0975. The van der Waals surface area contributed by atoms with E-state index in [1.54, 1.807) is 6.07 Å². The Hall–Kier alpha value is -2.81. The van der Waals surface area contributed by atoms with Crippen molar-refractivity contribution in [2.45, 2.75) is 0 Å². The molecule has 0 spiro atoms. The van der Waals surface area contributed by atoms with Crippen LogP contribution in [0.5, 0.6) is 11.5 Å². The molecule has 0 unspecified atom stereocenters. The van der Waals surface area contributed by atoms with E-state index in [0.717, 1.165) is 6.07 Å². The molecule has 3 rings (SSSR count). The van der Waals surface area contributed by atoms with Gasteiger partial charge in [0.05, 0.1) is 28.9 Å². The van der Waals surface area contributed by atoms with Gasteiger partial charge < -0.3 is 31.7 Å². The first-order chi connectivity index (χ1) is 12.5. The summed E-state index contributed by atoms with van der Waals surface area (Å²) in [6, 6.07) is 5.44. The molecule has 0 saturated heterocycles. The molecule has 1 aliphatic rings. The Morgan fingerprint density at radius 2 is 1.41 bits per heavy atom. The number of nitrogen functional groups attached to an aromatic ring is 1. The normalized spacial score (nSPS) is 12.2. The van der Waals surface area contributed by atoms with E-state index in [4.69, 9.17) is 10.8 Å². The van der Waals surface area contributed by atoms with E-state index in [1.165, 1.54) is 12.1 Å². The number of aromatic hydroxyl groups is 2. The Kier molecular flexibility index (Phi) is 6.27. The Labute approximate surface area is 161 Å². The average Bonchev–Trinajstić information content (AvgIpc) is 2.62. The van der Waals surface area contributed by atoms with Crippen LogP contribution < -0.4 is 16.4 Å². The number of carbonyl (C=O) groups is 2. The number of ketones is 2. The van der Waals surface area contributed by atoms with E-state index in [0.29, 0.717) is 25.3 Å². The molecule has 7 N–H and O–H groups in total. The van der Waals surface area contributed by atoms with Gasteiger partial charge in [0.2, 0.25) is 11.6 Å². The largest absolute Gasteiger partial charge is 0.507 e. The topological polar surface area (TPSA) is 145 Å². The van der Waals surface area contributed by atoms with Gasteiger partial charge in [-0.15, -0.1) is 12.4 Å². The molecule has 27 heavy (non-hydrogen) atoms. The number of phenols is 2. The summed E-state index contributed by atoms with van der Waals surface area (Å²) in [5, 5.41) is 34.9. The predicted octanol–water partition coefficient (Wildman–Crippen LogP) is 0.871. The minimum atomic E-state index is -0.609. The number of halogens is 1. The van der Waals surface area contributed by atoms with Crippen LogP contribution >= 0.6 is 12.4 Å². The second kappa shape index (κ2) is 8.26. The first-order valence-corrected chi connectivity index (χ1v) is 8.09. The van der Waals surface area contributed by atoms with Crippen LogP contribution in [0.4, 0.5) is 11.4 Å². The molecule has 0 atom stereocenters. The molecule has 0 aromatic heterocycles. The predicted molar refractivity (Wildman–Crippen MR) is 103 cm³/mol. The zero-order valence-corrected chi connectivity index (χ0v) is 15.1. The lowest BCUT2D eigenvalue weighted by Gasteiger charge is -2.23. The van der Waals surface area contributed by atoms with Crippen LogP contribution in [-0.4, -0.2) is 53.1 Å². The minimum absolute atomic E-state index is 0. The van der Waals surface area contributed by atoms with Crippen LogP contribution in [0.3, 0.4) is 0 Å². The number of benzene rings is 2. The summed E-state index contributed by atoms with van der Waals surface area (Å²) in [6.07, 6.45) is 0. The van der Waals surface area contributed by atoms with Crippen molar-refractivity contribution in [1.29, 1.82) is 0 Å². The summed E-state index contributed by atoms with van der Waals surface area (Å²) in [7, 11) is 0. The van der Waals surface area contributed by atoms with Crippen LogP contribution in [-0.2, 0) is 0 Å². The summed E-state index contributed by atoms with van der Waals surface area (Å²) in [5.41, 5.74) is 6.07. The van der Waals surface area contributed by atoms with Crippen molar-refractivity contribution in [3.05, 3.63) is 46.5 Å². The first-order valence-electron chi connectivity index (χ1n) is 8.09. The third-order valence-corrected chi connectivity index (χ3v) is 4.21. The van der Waals surface area contributed by atoms with Gasteiger partial charge in [0.25, 0.3) is 0 Å². The van der Waals surface area contributed by atoms with Crippen molar-refractivity contribution in [2.75, 3.05) is 37.3 Å².